The number of para-hydroxylation sites is 1. The number of rotatable bonds is 4. The summed E-state index contributed by atoms with van der Waals surface area (Å²) in [5.74, 6) is 0.503. The first kappa shape index (κ1) is 12.5. The average molecular weight is 244 g/mol. The summed E-state index contributed by atoms with van der Waals surface area (Å²) in [5.41, 5.74) is 1.72. The van der Waals surface area contributed by atoms with E-state index in [0.29, 0.717) is 5.88 Å². The Morgan fingerprint density at radius 1 is 1.39 bits per heavy atom. The summed E-state index contributed by atoms with van der Waals surface area (Å²) in [6, 6.07) is 7.63. The molecule has 4 heteroatoms. The van der Waals surface area contributed by atoms with Crippen LogP contribution in [0.1, 0.15) is 13.8 Å². The number of aliphatic hydroxyl groups excluding tert-OH is 1. The topological polar surface area (TPSA) is 55.2 Å². The molecule has 0 aliphatic heterocycles. The summed E-state index contributed by atoms with van der Waals surface area (Å²) in [7, 11) is 0. The van der Waals surface area contributed by atoms with Gasteiger partial charge in [0.1, 0.15) is 19.0 Å². The maximum absolute atomic E-state index is 9.81. The molecule has 2 aromatic rings. The van der Waals surface area contributed by atoms with E-state index >= 15 is 0 Å². The Bertz CT molecular complexity index is 561. The van der Waals surface area contributed by atoms with Crippen LogP contribution in [-0.4, -0.2) is 27.8 Å². The molecule has 0 spiro atoms. The summed E-state index contributed by atoms with van der Waals surface area (Å²) >= 11 is 0. The van der Waals surface area contributed by atoms with Crippen LogP contribution >= 0.6 is 0 Å². The maximum atomic E-state index is 9.81. The summed E-state index contributed by atoms with van der Waals surface area (Å²) < 4.78 is 5.56. The Balaban J connectivity index is 2.17. The molecule has 1 N–H and O–H groups in total. The zero-order valence-electron chi connectivity index (χ0n) is 10.5. The van der Waals surface area contributed by atoms with Gasteiger partial charge in [0.15, 0.2) is 0 Å². The Morgan fingerprint density at radius 3 is 2.94 bits per heavy atom. The van der Waals surface area contributed by atoms with Gasteiger partial charge in [-0.05, 0) is 31.6 Å². The second-order valence-corrected chi connectivity index (χ2v) is 4.06. The first-order chi connectivity index (χ1) is 8.72. The van der Waals surface area contributed by atoms with Crippen molar-refractivity contribution in [2.24, 2.45) is 0 Å². The summed E-state index contributed by atoms with van der Waals surface area (Å²) in [4.78, 5) is 8.26. The van der Waals surface area contributed by atoms with Crippen LogP contribution in [-0.2, 0) is 0 Å². The van der Waals surface area contributed by atoms with Gasteiger partial charge < -0.3 is 9.84 Å². The predicted octanol–water partition coefficient (Wildman–Crippen LogP) is 2.34. The number of nitrogens with zero attached hydrogens (tertiary/aromatic N) is 2. The molecular formula is C14H16N2O2. The second kappa shape index (κ2) is 5.60. The predicted molar refractivity (Wildman–Crippen MR) is 70.5 cm³/mol. The number of ether oxygens (including phenoxy) is 1. The van der Waals surface area contributed by atoms with Crippen molar-refractivity contribution >= 4 is 10.9 Å². The number of fused-ring (bicyclic) bond motifs is 1. The third-order valence-electron chi connectivity index (χ3n) is 2.87. The van der Waals surface area contributed by atoms with Gasteiger partial charge in [-0.2, -0.15) is 0 Å². The minimum Gasteiger partial charge on any atom is -0.474 e. The number of allylic oxidation sites excluding steroid dienone is 1. The van der Waals surface area contributed by atoms with Crippen molar-refractivity contribution in [3.63, 3.8) is 0 Å². The molecule has 0 bridgehead atoms. The Hall–Kier alpha value is -1.94. The molecule has 0 aliphatic carbocycles. The molecule has 2 rings (SSSR count). The molecule has 1 aromatic carbocycles. The van der Waals surface area contributed by atoms with E-state index in [4.69, 9.17) is 4.74 Å². The standard InChI is InChI=1S/C14H16N2O2/c1-3-10(2)13(17)8-18-14-11-6-4-5-7-12(11)15-9-16-14/h3-7,9,13,17H,8H2,1-2H3/b10-3+. The lowest BCUT2D eigenvalue weighted by Crippen LogP contribution is -2.19. The molecule has 18 heavy (non-hydrogen) atoms. The fraction of sp³-hybridized carbons (Fsp3) is 0.286. The van der Waals surface area contributed by atoms with E-state index in [1.165, 1.54) is 6.33 Å². The fourth-order valence-corrected chi connectivity index (χ4v) is 1.58. The van der Waals surface area contributed by atoms with Crippen LogP contribution in [0.3, 0.4) is 0 Å². The zero-order chi connectivity index (χ0) is 13.0. The maximum Gasteiger partial charge on any atom is 0.224 e. The van der Waals surface area contributed by atoms with Crippen molar-refractivity contribution in [3.8, 4) is 5.88 Å². The van der Waals surface area contributed by atoms with Crippen molar-refractivity contribution in [1.82, 2.24) is 9.97 Å². The summed E-state index contributed by atoms with van der Waals surface area (Å²) in [6.45, 7) is 3.95. The minimum absolute atomic E-state index is 0.192. The SMILES string of the molecule is C/C=C(\C)C(O)COc1ncnc2ccccc12. The molecule has 0 fully saturated rings. The van der Waals surface area contributed by atoms with E-state index in [1.807, 2.05) is 44.2 Å². The molecule has 0 radical (unpaired) electrons. The Morgan fingerprint density at radius 2 is 2.17 bits per heavy atom. The highest BCUT2D eigenvalue weighted by Crippen LogP contribution is 2.20. The Labute approximate surface area is 106 Å². The number of aliphatic hydroxyl groups is 1. The van der Waals surface area contributed by atoms with Gasteiger partial charge in [-0.3, -0.25) is 0 Å². The van der Waals surface area contributed by atoms with Crippen LogP contribution < -0.4 is 4.74 Å². The third kappa shape index (κ3) is 2.65. The van der Waals surface area contributed by atoms with Gasteiger partial charge in [-0.1, -0.05) is 18.2 Å². The van der Waals surface area contributed by atoms with Crippen LogP contribution in [0.25, 0.3) is 10.9 Å². The first-order valence-electron chi connectivity index (χ1n) is 5.85. The van der Waals surface area contributed by atoms with E-state index in [9.17, 15) is 5.11 Å². The molecule has 0 aliphatic rings. The smallest absolute Gasteiger partial charge is 0.224 e. The lowest BCUT2D eigenvalue weighted by Gasteiger charge is -2.13. The lowest BCUT2D eigenvalue weighted by atomic mass is 10.2. The van der Waals surface area contributed by atoms with Crippen molar-refractivity contribution in [2.75, 3.05) is 6.61 Å². The van der Waals surface area contributed by atoms with E-state index < -0.39 is 6.10 Å². The van der Waals surface area contributed by atoms with E-state index in [1.54, 1.807) is 0 Å². The number of aromatic nitrogens is 2. The summed E-state index contributed by atoms with van der Waals surface area (Å²) in [6.07, 6.45) is 2.72. The Kier molecular flexibility index (Phi) is 3.89. The molecule has 1 unspecified atom stereocenters. The van der Waals surface area contributed by atoms with Gasteiger partial charge in [0.2, 0.25) is 5.88 Å². The van der Waals surface area contributed by atoms with Crippen LogP contribution in [0.15, 0.2) is 42.2 Å². The minimum atomic E-state index is -0.608. The normalized spacial score (nSPS) is 13.6. The molecule has 0 saturated heterocycles. The lowest BCUT2D eigenvalue weighted by molar-refractivity contribution is 0.133. The molecule has 1 heterocycles. The number of benzene rings is 1. The van der Waals surface area contributed by atoms with Crippen LogP contribution in [0.5, 0.6) is 5.88 Å². The van der Waals surface area contributed by atoms with Crippen molar-refractivity contribution in [2.45, 2.75) is 20.0 Å². The molecule has 94 valence electrons. The largest absolute Gasteiger partial charge is 0.474 e. The highest BCUT2D eigenvalue weighted by Gasteiger charge is 2.09. The van der Waals surface area contributed by atoms with E-state index in [0.717, 1.165) is 16.5 Å². The van der Waals surface area contributed by atoms with Crippen molar-refractivity contribution < 1.29 is 9.84 Å². The average Bonchev–Trinajstić information content (AvgIpc) is 2.43. The molecule has 4 nitrogen and oxygen atoms in total. The highest BCUT2D eigenvalue weighted by molar-refractivity contribution is 5.82. The van der Waals surface area contributed by atoms with Gasteiger partial charge in [0.25, 0.3) is 0 Å². The van der Waals surface area contributed by atoms with E-state index in [-0.39, 0.29) is 6.61 Å². The van der Waals surface area contributed by atoms with Crippen molar-refractivity contribution in [1.29, 1.82) is 0 Å². The molecule has 1 atom stereocenters. The van der Waals surface area contributed by atoms with E-state index in [2.05, 4.69) is 9.97 Å². The first-order valence-corrected chi connectivity index (χ1v) is 5.85. The highest BCUT2D eigenvalue weighted by atomic mass is 16.5. The van der Waals surface area contributed by atoms with Gasteiger partial charge in [-0.25, -0.2) is 9.97 Å². The second-order valence-electron chi connectivity index (χ2n) is 4.06. The van der Waals surface area contributed by atoms with Crippen LogP contribution in [0.2, 0.25) is 0 Å². The van der Waals surface area contributed by atoms with Crippen molar-refractivity contribution in [3.05, 3.63) is 42.2 Å². The quantitative estimate of drug-likeness (QED) is 0.839. The van der Waals surface area contributed by atoms with Gasteiger partial charge in [0.05, 0.1) is 10.9 Å². The molecule has 0 saturated carbocycles. The molecule has 1 aromatic heterocycles. The molecule has 0 amide bonds. The zero-order valence-corrected chi connectivity index (χ0v) is 10.5. The third-order valence-corrected chi connectivity index (χ3v) is 2.87. The van der Waals surface area contributed by atoms with Crippen LogP contribution in [0, 0.1) is 0 Å². The van der Waals surface area contributed by atoms with Crippen LogP contribution in [0.4, 0.5) is 0 Å². The van der Waals surface area contributed by atoms with Gasteiger partial charge in [0, 0.05) is 0 Å². The monoisotopic (exact) mass is 244 g/mol. The number of hydrogen-bond acceptors (Lipinski definition) is 4. The number of hydrogen-bond donors (Lipinski definition) is 1. The summed E-state index contributed by atoms with van der Waals surface area (Å²) in [5, 5.41) is 10.7. The van der Waals surface area contributed by atoms with Gasteiger partial charge in [-0.15, -0.1) is 0 Å². The molecular weight excluding hydrogens is 228 g/mol. The van der Waals surface area contributed by atoms with Gasteiger partial charge >= 0.3 is 0 Å². The fourth-order valence-electron chi connectivity index (χ4n) is 1.58.